The van der Waals surface area contributed by atoms with E-state index in [0.717, 1.165) is 68.3 Å². The number of hydrogen-bond donors (Lipinski definition) is 2. The molecule has 2 aromatic rings. The van der Waals surface area contributed by atoms with Crippen molar-refractivity contribution in [2.24, 2.45) is 4.99 Å². The van der Waals surface area contributed by atoms with E-state index in [0.29, 0.717) is 6.54 Å². The van der Waals surface area contributed by atoms with Gasteiger partial charge in [0.2, 0.25) is 0 Å². The number of halogens is 1. The number of aromatic nitrogens is 1. The van der Waals surface area contributed by atoms with E-state index in [2.05, 4.69) is 78.8 Å². The van der Waals surface area contributed by atoms with E-state index in [9.17, 15) is 0 Å². The maximum Gasteiger partial charge on any atom is 0.191 e. The summed E-state index contributed by atoms with van der Waals surface area (Å²) in [4.78, 5) is 7.03. The first-order valence-corrected chi connectivity index (χ1v) is 10.4. The van der Waals surface area contributed by atoms with Gasteiger partial charge in [0.15, 0.2) is 5.96 Å². The fraction of sp³-hybridized carbons (Fsp3) is 0.545. The predicted octanol–water partition coefficient (Wildman–Crippen LogP) is 4.39. The first-order valence-electron chi connectivity index (χ1n) is 10.4. The van der Waals surface area contributed by atoms with Gasteiger partial charge in [0.1, 0.15) is 5.76 Å². The van der Waals surface area contributed by atoms with Crippen molar-refractivity contribution in [3.8, 4) is 0 Å². The van der Waals surface area contributed by atoms with Gasteiger partial charge in [0.25, 0.3) is 0 Å². The second kappa shape index (κ2) is 14.3. The van der Waals surface area contributed by atoms with Crippen LogP contribution in [0.1, 0.15) is 50.6 Å². The highest BCUT2D eigenvalue weighted by Crippen LogP contribution is 2.16. The number of aliphatic imine (C=N–C) groups is 1. The molecule has 0 aliphatic heterocycles. The van der Waals surface area contributed by atoms with Crippen LogP contribution < -0.4 is 15.5 Å². The minimum atomic E-state index is 0. The largest absolute Gasteiger partial charge is 0.375 e. The highest BCUT2D eigenvalue weighted by Gasteiger charge is 2.13. The van der Waals surface area contributed by atoms with Gasteiger partial charge in [0.05, 0.1) is 12.2 Å². The Morgan fingerprint density at radius 3 is 2.48 bits per heavy atom. The average Bonchev–Trinajstić information content (AvgIpc) is 3.14. The fourth-order valence-corrected chi connectivity index (χ4v) is 3.11. The molecule has 0 aliphatic rings. The topological polar surface area (TPSA) is 65.7 Å². The molecule has 0 radical (unpaired) electrons. The number of anilines is 1. The summed E-state index contributed by atoms with van der Waals surface area (Å²) in [6, 6.07) is 10.5. The second-order valence-electron chi connectivity index (χ2n) is 6.82. The van der Waals surface area contributed by atoms with Crippen LogP contribution in [-0.2, 0) is 19.4 Å². The highest BCUT2D eigenvalue weighted by molar-refractivity contribution is 14.0. The Kier molecular flexibility index (Phi) is 12.4. The van der Waals surface area contributed by atoms with E-state index in [1.54, 1.807) is 0 Å². The van der Waals surface area contributed by atoms with E-state index >= 15 is 0 Å². The molecule has 0 spiro atoms. The third-order valence-electron chi connectivity index (χ3n) is 4.76. The van der Waals surface area contributed by atoms with E-state index in [4.69, 9.17) is 9.52 Å². The van der Waals surface area contributed by atoms with Crippen molar-refractivity contribution < 1.29 is 4.52 Å². The van der Waals surface area contributed by atoms with Crippen LogP contribution in [0.2, 0.25) is 0 Å². The maximum absolute atomic E-state index is 5.44. The third kappa shape index (κ3) is 8.24. The molecule has 1 aromatic heterocycles. The zero-order valence-electron chi connectivity index (χ0n) is 18.2. The van der Waals surface area contributed by atoms with Crippen molar-refractivity contribution >= 4 is 35.6 Å². The standard InChI is InChI=1S/C22H35N5O.HI/c1-5-20-19(21(6-2)28-26-20)17-25-22(23-7-3)24-15-11-12-16-27(4)18-13-9-8-10-14-18;/h8-10,13-14H,5-7,11-12,15-17H2,1-4H3,(H2,23,24,25);1H. The molecule has 6 nitrogen and oxygen atoms in total. The number of para-hydroxylation sites is 1. The van der Waals surface area contributed by atoms with Crippen LogP contribution in [-0.4, -0.2) is 37.8 Å². The van der Waals surface area contributed by atoms with Crippen LogP contribution in [0, 0.1) is 0 Å². The molecule has 0 saturated carbocycles. The number of benzene rings is 1. The summed E-state index contributed by atoms with van der Waals surface area (Å²) in [7, 11) is 2.14. The lowest BCUT2D eigenvalue weighted by atomic mass is 10.1. The van der Waals surface area contributed by atoms with E-state index in [1.165, 1.54) is 5.69 Å². The monoisotopic (exact) mass is 513 g/mol. The lowest BCUT2D eigenvalue weighted by molar-refractivity contribution is 0.380. The maximum atomic E-state index is 5.44. The lowest BCUT2D eigenvalue weighted by Crippen LogP contribution is -2.38. The van der Waals surface area contributed by atoms with E-state index in [-0.39, 0.29) is 24.0 Å². The molecule has 0 aliphatic carbocycles. The number of aryl methyl sites for hydroxylation is 2. The van der Waals surface area contributed by atoms with Gasteiger partial charge in [-0.15, -0.1) is 24.0 Å². The Hall–Kier alpha value is -1.77. The minimum Gasteiger partial charge on any atom is -0.375 e. The number of nitrogens with one attached hydrogen (secondary N) is 2. The van der Waals surface area contributed by atoms with Gasteiger partial charge in [-0.2, -0.15) is 0 Å². The zero-order chi connectivity index (χ0) is 20.2. The van der Waals surface area contributed by atoms with Crippen molar-refractivity contribution in [3.05, 3.63) is 47.3 Å². The van der Waals surface area contributed by atoms with Gasteiger partial charge in [0, 0.05) is 44.4 Å². The average molecular weight is 513 g/mol. The van der Waals surface area contributed by atoms with Crippen molar-refractivity contribution in [2.45, 2.75) is 53.0 Å². The number of hydrogen-bond acceptors (Lipinski definition) is 4. The predicted molar refractivity (Wildman–Crippen MR) is 132 cm³/mol. The Bertz CT molecular complexity index is 696. The molecule has 1 aromatic carbocycles. The Morgan fingerprint density at radius 1 is 1.07 bits per heavy atom. The molecule has 1 heterocycles. The van der Waals surface area contributed by atoms with Gasteiger partial charge in [-0.05, 0) is 38.3 Å². The summed E-state index contributed by atoms with van der Waals surface area (Å²) in [5.41, 5.74) is 3.41. The molecule has 0 bridgehead atoms. The quantitative estimate of drug-likeness (QED) is 0.202. The number of rotatable bonds is 11. The summed E-state index contributed by atoms with van der Waals surface area (Å²) in [6.07, 6.45) is 3.93. The summed E-state index contributed by atoms with van der Waals surface area (Å²) >= 11 is 0. The summed E-state index contributed by atoms with van der Waals surface area (Å²) < 4.78 is 5.44. The summed E-state index contributed by atoms with van der Waals surface area (Å²) in [5.74, 6) is 1.80. The highest BCUT2D eigenvalue weighted by atomic mass is 127. The molecule has 0 fully saturated rings. The Balaban J connectivity index is 0.00000420. The molecule has 0 atom stereocenters. The third-order valence-corrected chi connectivity index (χ3v) is 4.76. The van der Waals surface area contributed by atoms with Crippen molar-refractivity contribution in [2.75, 3.05) is 31.6 Å². The first-order chi connectivity index (χ1) is 13.7. The van der Waals surface area contributed by atoms with Crippen LogP contribution >= 0.6 is 24.0 Å². The first kappa shape index (κ1) is 25.3. The van der Waals surface area contributed by atoms with E-state index < -0.39 is 0 Å². The molecule has 0 unspecified atom stereocenters. The van der Waals surface area contributed by atoms with Crippen molar-refractivity contribution in [1.29, 1.82) is 0 Å². The van der Waals surface area contributed by atoms with Gasteiger partial charge in [-0.3, -0.25) is 0 Å². The summed E-state index contributed by atoms with van der Waals surface area (Å²) in [6.45, 7) is 9.65. The zero-order valence-corrected chi connectivity index (χ0v) is 20.5. The smallest absolute Gasteiger partial charge is 0.191 e. The Morgan fingerprint density at radius 2 is 1.83 bits per heavy atom. The normalized spacial score (nSPS) is 11.1. The molecule has 2 N–H and O–H groups in total. The molecule has 162 valence electrons. The molecule has 0 amide bonds. The minimum absolute atomic E-state index is 0. The molecular weight excluding hydrogens is 477 g/mol. The van der Waals surface area contributed by atoms with Crippen molar-refractivity contribution in [1.82, 2.24) is 15.8 Å². The molecule has 29 heavy (non-hydrogen) atoms. The van der Waals surface area contributed by atoms with Gasteiger partial charge < -0.3 is 20.1 Å². The fourth-order valence-electron chi connectivity index (χ4n) is 3.11. The van der Waals surface area contributed by atoms with Gasteiger partial charge in [-0.25, -0.2) is 4.99 Å². The SMILES string of the molecule is CCNC(=NCc1c(CC)noc1CC)NCCCCN(C)c1ccccc1.I. The van der Waals surface area contributed by atoms with Gasteiger partial charge >= 0.3 is 0 Å². The van der Waals surface area contributed by atoms with Crippen LogP contribution in [0.4, 0.5) is 5.69 Å². The lowest BCUT2D eigenvalue weighted by Gasteiger charge is -2.19. The molecular formula is C22H36IN5O. The van der Waals surface area contributed by atoms with Crippen LogP contribution in [0.25, 0.3) is 0 Å². The van der Waals surface area contributed by atoms with Crippen LogP contribution in [0.3, 0.4) is 0 Å². The van der Waals surface area contributed by atoms with Crippen molar-refractivity contribution in [3.63, 3.8) is 0 Å². The summed E-state index contributed by atoms with van der Waals surface area (Å²) in [5, 5.41) is 10.9. The van der Waals surface area contributed by atoms with Crippen LogP contribution in [0.15, 0.2) is 39.8 Å². The molecule has 7 heteroatoms. The van der Waals surface area contributed by atoms with Crippen LogP contribution in [0.5, 0.6) is 0 Å². The van der Waals surface area contributed by atoms with Gasteiger partial charge in [-0.1, -0.05) is 37.2 Å². The Labute approximate surface area is 192 Å². The molecule has 0 saturated heterocycles. The second-order valence-corrected chi connectivity index (χ2v) is 6.82. The van der Waals surface area contributed by atoms with E-state index in [1.807, 2.05) is 0 Å². The number of guanidine groups is 1. The molecule has 2 rings (SSSR count). The number of nitrogens with zero attached hydrogens (tertiary/aromatic N) is 3. The number of unbranched alkanes of at least 4 members (excludes halogenated alkanes) is 1.